The first-order chi connectivity index (χ1) is 11.2. The third-order valence-electron chi connectivity index (χ3n) is 5.59. The Morgan fingerprint density at radius 1 is 0.462 bits per heavy atom. The molecule has 0 aromatic carbocycles. The molecule has 26 heavy (non-hydrogen) atoms. The van der Waals surface area contributed by atoms with Crippen LogP contribution in [0.15, 0.2) is 0 Å². The third-order valence-corrected chi connectivity index (χ3v) is 6.00. The molecule has 0 aliphatic heterocycles. The molecule has 0 aliphatic carbocycles. The summed E-state index contributed by atoms with van der Waals surface area (Å²) in [5, 5.41) is 0. The molecule has 164 valence electrons. The summed E-state index contributed by atoms with van der Waals surface area (Å²) in [6.45, 7) is 7.08. The smallest absolute Gasteiger partial charge is 0.0297 e. The quantitative estimate of drug-likeness (QED) is 0.111. The molecule has 0 nitrogen and oxygen atoms in total. The summed E-state index contributed by atoms with van der Waals surface area (Å²) >= 11 is 0. The molecular formula is C22H50Br3P. The van der Waals surface area contributed by atoms with E-state index in [2.05, 4.69) is 30.0 Å². The van der Waals surface area contributed by atoms with E-state index in [9.17, 15) is 0 Å². The maximum atomic E-state index is 2.85. The van der Waals surface area contributed by atoms with Crippen molar-refractivity contribution in [1.82, 2.24) is 0 Å². The topological polar surface area (TPSA) is 0 Å². The molecule has 0 fully saturated rings. The Bertz CT molecular complexity index is 216. The summed E-state index contributed by atoms with van der Waals surface area (Å²) in [5.74, 6) is 0. The van der Waals surface area contributed by atoms with Gasteiger partial charge in [0.05, 0.1) is 0 Å². The monoisotopic (exact) mass is 582 g/mol. The number of halogens is 3. The maximum absolute atomic E-state index is 2.85. The van der Waals surface area contributed by atoms with Gasteiger partial charge < -0.3 is 0 Å². The Hall–Kier alpha value is 1.87. The van der Waals surface area contributed by atoms with Crippen LogP contribution >= 0.6 is 60.2 Å². The van der Waals surface area contributed by atoms with Gasteiger partial charge in [0.2, 0.25) is 0 Å². The molecule has 0 bridgehead atoms. The van der Waals surface area contributed by atoms with E-state index in [4.69, 9.17) is 0 Å². The van der Waals surface area contributed by atoms with E-state index in [0.717, 1.165) is 0 Å². The molecule has 0 heterocycles. The molecular weight excluding hydrogens is 535 g/mol. The maximum Gasteiger partial charge on any atom is -0.0297 e. The van der Waals surface area contributed by atoms with Gasteiger partial charge in [0.1, 0.15) is 0 Å². The van der Waals surface area contributed by atoms with Gasteiger partial charge in [-0.05, 0) is 43.7 Å². The molecule has 0 N–H and O–H groups in total. The van der Waals surface area contributed by atoms with Gasteiger partial charge in [-0.2, -0.15) is 0 Å². The first-order valence-electron chi connectivity index (χ1n) is 10.9. The summed E-state index contributed by atoms with van der Waals surface area (Å²) in [6, 6.07) is 0. The minimum Gasteiger partial charge on any atom is -0.138 e. The summed E-state index contributed by atoms with van der Waals surface area (Å²) in [5.41, 5.74) is 0.696. The van der Waals surface area contributed by atoms with Gasteiger partial charge in [-0.25, -0.2) is 0 Å². The van der Waals surface area contributed by atoms with Crippen molar-refractivity contribution < 1.29 is 0 Å². The highest BCUT2D eigenvalue weighted by Crippen LogP contribution is 2.41. The van der Waals surface area contributed by atoms with Crippen LogP contribution in [0.1, 0.15) is 130 Å². The fraction of sp³-hybridized carbons (Fsp3) is 1.00. The second-order valence-electron chi connectivity index (χ2n) is 7.82. The molecule has 0 aliphatic rings. The lowest BCUT2D eigenvalue weighted by Gasteiger charge is -2.35. The normalized spacial score (nSPS) is 10.6. The van der Waals surface area contributed by atoms with Gasteiger partial charge in [-0.3, -0.25) is 0 Å². The van der Waals surface area contributed by atoms with Gasteiger partial charge in [-0.1, -0.05) is 97.8 Å². The Labute approximate surface area is 200 Å². The summed E-state index contributed by atoms with van der Waals surface area (Å²) < 4.78 is 0. The molecule has 4 heteroatoms. The van der Waals surface area contributed by atoms with E-state index < -0.39 is 0 Å². The van der Waals surface area contributed by atoms with Crippen molar-refractivity contribution in [1.29, 1.82) is 0 Å². The molecule has 0 amide bonds. The van der Waals surface area contributed by atoms with Crippen molar-refractivity contribution in [3.8, 4) is 0 Å². The standard InChI is InChI=1S/C22H47P.3BrH/c1-4-7-17-22(18-8-5-2,19-9-6-3)20-15-13-11-10-12-14-16-21-23;;;/h4-21,23H2,1-3H3;3*1H. The van der Waals surface area contributed by atoms with Crippen molar-refractivity contribution in [2.45, 2.75) is 130 Å². The zero-order valence-corrected chi connectivity index (χ0v) is 24.3. The van der Waals surface area contributed by atoms with Gasteiger partial charge in [-0.15, -0.1) is 60.2 Å². The number of unbranched alkanes of at least 4 members (excludes halogenated alkanes) is 9. The van der Waals surface area contributed by atoms with E-state index in [1.807, 2.05) is 0 Å². The summed E-state index contributed by atoms with van der Waals surface area (Å²) in [6.07, 6.45) is 26.0. The Balaban J connectivity index is -0.000000807. The molecule has 0 rings (SSSR count). The second kappa shape index (κ2) is 26.9. The molecule has 0 spiro atoms. The number of hydrogen-bond acceptors (Lipinski definition) is 0. The summed E-state index contributed by atoms with van der Waals surface area (Å²) in [4.78, 5) is 0. The fourth-order valence-corrected chi connectivity index (χ4v) is 4.22. The molecule has 0 aromatic heterocycles. The average Bonchev–Trinajstić information content (AvgIpc) is 2.58. The van der Waals surface area contributed by atoms with Crippen molar-refractivity contribution in [3.05, 3.63) is 0 Å². The largest absolute Gasteiger partial charge is 0.138 e. The molecule has 0 aromatic rings. The first kappa shape index (κ1) is 35.3. The highest BCUT2D eigenvalue weighted by atomic mass is 79.9. The second-order valence-corrected chi connectivity index (χ2v) is 8.40. The predicted octanol–water partition coefficient (Wildman–Crippen LogP) is 10.3. The lowest BCUT2D eigenvalue weighted by atomic mass is 9.71. The molecule has 0 radical (unpaired) electrons. The van der Waals surface area contributed by atoms with Crippen LogP contribution in [0, 0.1) is 5.41 Å². The zero-order valence-electron chi connectivity index (χ0n) is 18.0. The molecule has 0 saturated heterocycles. The summed E-state index contributed by atoms with van der Waals surface area (Å²) in [7, 11) is 2.85. The van der Waals surface area contributed by atoms with Crippen molar-refractivity contribution >= 4 is 60.2 Å². The Morgan fingerprint density at radius 2 is 0.769 bits per heavy atom. The molecule has 1 atom stereocenters. The molecule has 1 unspecified atom stereocenters. The van der Waals surface area contributed by atoms with Crippen LogP contribution in [-0.4, -0.2) is 6.16 Å². The van der Waals surface area contributed by atoms with E-state index in [1.54, 1.807) is 0 Å². The van der Waals surface area contributed by atoms with Crippen LogP contribution in [0.4, 0.5) is 0 Å². The van der Waals surface area contributed by atoms with E-state index in [0.29, 0.717) is 5.41 Å². The zero-order chi connectivity index (χ0) is 17.2. The van der Waals surface area contributed by atoms with Crippen LogP contribution in [0.25, 0.3) is 0 Å². The van der Waals surface area contributed by atoms with Gasteiger partial charge in [0, 0.05) is 0 Å². The van der Waals surface area contributed by atoms with E-state index >= 15 is 0 Å². The Morgan fingerprint density at radius 3 is 1.12 bits per heavy atom. The average molecular weight is 585 g/mol. The van der Waals surface area contributed by atoms with Gasteiger partial charge in [0.25, 0.3) is 0 Å². The number of hydrogen-bond donors (Lipinski definition) is 0. The minimum absolute atomic E-state index is 0. The number of rotatable bonds is 18. The van der Waals surface area contributed by atoms with Crippen LogP contribution in [-0.2, 0) is 0 Å². The SMILES string of the molecule is Br.Br.Br.CCCCC(CCCC)(CCCC)CCCCCCCCCP. The first-order valence-corrected chi connectivity index (χ1v) is 11.8. The minimum atomic E-state index is 0. The van der Waals surface area contributed by atoms with Crippen molar-refractivity contribution in [2.75, 3.05) is 6.16 Å². The van der Waals surface area contributed by atoms with Crippen molar-refractivity contribution in [3.63, 3.8) is 0 Å². The van der Waals surface area contributed by atoms with E-state index in [1.165, 1.54) is 115 Å². The van der Waals surface area contributed by atoms with Gasteiger partial charge in [0.15, 0.2) is 0 Å². The third kappa shape index (κ3) is 20.6. The predicted molar refractivity (Wildman–Crippen MR) is 143 cm³/mol. The van der Waals surface area contributed by atoms with Crippen LogP contribution < -0.4 is 0 Å². The fourth-order valence-electron chi connectivity index (χ4n) is 3.93. The van der Waals surface area contributed by atoms with E-state index in [-0.39, 0.29) is 50.9 Å². The van der Waals surface area contributed by atoms with Crippen LogP contribution in [0.2, 0.25) is 0 Å². The van der Waals surface area contributed by atoms with Gasteiger partial charge >= 0.3 is 0 Å². The highest BCUT2D eigenvalue weighted by molar-refractivity contribution is 8.93. The Kier molecular flexibility index (Phi) is 36.5. The molecule has 0 saturated carbocycles. The van der Waals surface area contributed by atoms with Crippen molar-refractivity contribution in [2.24, 2.45) is 5.41 Å². The van der Waals surface area contributed by atoms with Crippen LogP contribution in [0.5, 0.6) is 0 Å². The highest BCUT2D eigenvalue weighted by Gasteiger charge is 2.27. The lowest BCUT2D eigenvalue weighted by Crippen LogP contribution is -2.21. The van der Waals surface area contributed by atoms with Crippen LogP contribution in [0.3, 0.4) is 0 Å². The lowest BCUT2D eigenvalue weighted by molar-refractivity contribution is 0.175.